The Balaban J connectivity index is 3.51. The van der Waals surface area contributed by atoms with Crippen LogP contribution >= 0.6 is 0 Å². The lowest BCUT2D eigenvalue weighted by atomic mass is 10.1. The third-order valence-corrected chi connectivity index (χ3v) is 1.70. The van der Waals surface area contributed by atoms with Crippen molar-refractivity contribution in [3.05, 3.63) is 12.2 Å². The molecule has 0 saturated heterocycles. The van der Waals surface area contributed by atoms with E-state index >= 15 is 0 Å². The minimum absolute atomic E-state index is 0.193. The summed E-state index contributed by atoms with van der Waals surface area (Å²) in [4.78, 5) is 10.9. The third-order valence-electron chi connectivity index (χ3n) is 1.70. The molecule has 0 fully saturated rings. The molecule has 0 amide bonds. The molecule has 1 unspecified atom stereocenters. The first-order valence-electron chi connectivity index (χ1n) is 4.51. The van der Waals surface area contributed by atoms with Crippen molar-refractivity contribution in [3.63, 3.8) is 0 Å². The molecule has 0 rings (SSSR count). The van der Waals surface area contributed by atoms with Gasteiger partial charge in [-0.3, -0.25) is 0 Å². The zero-order chi connectivity index (χ0) is 10.3. The minimum Gasteiger partial charge on any atom is -0.462 e. The highest BCUT2D eigenvalue weighted by Gasteiger charge is 2.07. The van der Waals surface area contributed by atoms with Crippen LogP contribution < -0.4 is 0 Å². The Kier molecular flexibility index (Phi) is 6.24. The van der Waals surface area contributed by atoms with E-state index in [9.17, 15) is 4.79 Å². The maximum absolute atomic E-state index is 10.9. The second kappa shape index (κ2) is 6.66. The van der Waals surface area contributed by atoms with Gasteiger partial charge in [0.15, 0.2) is 0 Å². The van der Waals surface area contributed by atoms with Gasteiger partial charge in [-0.2, -0.15) is 0 Å². The van der Waals surface area contributed by atoms with E-state index in [1.54, 1.807) is 6.92 Å². The van der Waals surface area contributed by atoms with Crippen LogP contribution in [0.25, 0.3) is 0 Å². The predicted molar refractivity (Wildman–Crippen MR) is 51.3 cm³/mol. The SMILES string of the molecule is C=C(C)C(=O)OCC(C)CCCO. The molecule has 0 bridgehead atoms. The number of rotatable bonds is 6. The van der Waals surface area contributed by atoms with Crippen molar-refractivity contribution in [3.8, 4) is 0 Å². The Morgan fingerprint density at radius 1 is 1.62 bits per heavy atom. The van der Waals surface area contributed by atoms with E-state index < -0.39 is 0 Å². The van der Waals surface area contributed by atoms with Gasteiger partial charge in [0.1, 0.15) is 0 Å². The largest absolute Gasteiger partial charge is 0.462 e. The van der Waals surface area contributed by atoms with E-state index in [0.717, 1.165) is 12.8 Å². The van der Waals surface area contributed by atoms with Gasteiger partial charge in [-0.05, 0) is 25.7 Å². The second-order valence-electron chi connectivity index (χ2n) is 3.35. The quantitative estimate of drug-likeness (QED) is 0.505. The van der Waals surface area contributed by atoms with Crippen molar-refractivity contribution in [2.45, 2.75) is 26.7 Å². The van der Waals surface area contributed by atoms with Crippen molar-refractivity contribution in [1.82, 2.24) is 0 Å². The van der Waals surface area contributed by atoms with Crippen molar-refractivity contribution in [1.29, 1.82) is 0 Å². The van der Waals surface area contributed by atoms with Crippen LogP contribution in [0.4, 0.5) is 0 Å². The Bertz CT molecular complexity index is 175. The lowest BCUT2D eigenvalue weighted by Gasteiger charge is -2.10. The number of aliphatic hydroxyl groups is 1. The van der Waals surface area contributed by atoms with Crippen molar-refractivity contribution < 1.29 is 14.6 Å². The first kappa shape index (κ1) is 12.2. The van der Waals surface area contributed by atoms with E-state index in [4.69, 9.17) is 9.84 Å². The highest BCUT2D eigenvalue weighted by atomic mass is 16.5. The molecule has 0 aliphatic heterocycles. The van der Waals surface area contributed by atoms with E-state index in [-0.39, 0.29) is 12.6 Å². The fourth-order valence-electron chi connectivity index (χ4n) is 0.864. The summed E-state index contributed by atoms with van der Waals surface area (Å²) in [5.74, 6) is -0.0358. The van der Waals surface area contributed by atoms with E-state index in [0.29, 0.717) is 18.1 Å². The molecule has 0 aromatic rings. The number of hydrogen-bond donors (Lipinski definition) is 1. The van der Waals surface area contributed by atoms with Gasteiger partial charge < -0.3 is 9.84 Å². The minimum atomic E-state index is -0.337. The normalized spacial score (nSPS) is 12.2. The number of carbonyl (C=O) groups is 1. The van der Waals surface area contributed by atoms with Crippen molar-refractivity contribution in [2.75, 3.05) is 13.2 Å². The molecule has 0 aromatic heterocycles. The number of hydrogen-bond acceptors (Lipinski definition) is 3. The molecule has 1 atom stereocenters. The van der Waals surface area contributed by atoms with Gasteiger partial charge in [0.2, 0.25) is 0 Å². The first-order valence-corrected chi connectivity index (χ1v) is 4.51. The second-order valence-corrected chi connectivity index (χ2v) is 3.35. The van der Waals surface area contributed by atoms with E-state index in [2.05, 4.69) is 6.58 Å². The zero-order valence-electron chi connectivity index (χ0n) is 8.38. The van der Waals surface area contributed by atoms with Crippen molar-refractivity contribution in [2.24, 2.45) is 5.92 Å². The molecule has 13 heavy (non-hydrogen) atoms. The summed E-state index contributed by atoms with van der Waals surface area (Å²) >= 11 is 0. The summed E-state index contributed by atoms with van der Waals surface area (Å²) in [6, 6.07) is 0. The molecule has 0 aliphatic carbocycles. The summed E-state index contributed by atoms with van der Waals surface area (Å²) in [7, 11) is 0. The monoisotopic (exact) mass is 186 g/mol. The summed E-state index contributed by atoms with van der Waals surface area (Å²) in [5, 5.41) is 8.56. The number of ether oxygens (including phenoxy) is 1. The highest BCUT2D eigenvalue weighted by molar-refractivity contribution is 5.86. The maximum Gasteiger partial charge on any atom is 0.333 e. The lowest BCUT2D eigenvalue weighted by molar-refractivity contribution is -0.140. The van der Waals surface area contributed by atoms with Crippen LogP contribution in [0.15, 0.2) is 12.2 Å². The van der Waals surface area contributed by atoms with Gasteiger partial charge in [0.25, 0.3) is 0 Å². The Labute approximate surface area is 79.4 Å². The molecule has 0 saturated carbocycles. The third kappa shape index (κ3) is 6.34. The summed E-state index contributed by atoms with van der Waals surface area (Å²) in [6.45, 7) is 7.70. The van der Waals surface area contributed by atoms with Crippen LogP contribution in [-0.4, -0.2) is 24.3 Å². The molecule has 1 N–H and O–H groups in total. The van der Waals surface area contributed by atoms with E-state index in [1.165, 1.54) is 0 Å². The van der Waals surface area contributed by atoms with Gasteiger partial charge in [-0.1, -0.05) is 13.5 Å². The molecular weight excluding hydrogens is 168 g/mol. The van der Waals surface area contributed by atoms with Gasteiger partial charge in [0, 0.05) is 12.2 Å². The summed E-state index contributed by atoms with van der Waals surface area (Å²) in [5.41, 5.74) is 0.425. The number of aliphatic hydroxyl groups excluding tert-OH is 1. The fourth-order valence-corrected chi connectivity index (χ4v) is 0.864. The smallest absolute Gasteiger partial charge is 0.333 e. The maximum atomic E-state index is 10.9. The Morgan fingerprint density at radius 3 is 2.69 bits per heavy atom. The average Bonchev–Trinajstić information content (AvgIpc) is 2.10. The molecule has 0 spiro atoms. The van der Waals surface area contributed by atoms with Gasteiger partial charge >= 0.3 is 5.97 Å². The summed E-state index contributed by atoms with van der Waals surface area (Å²) in [6.07, 6.45) is 1.63. The Morgan fingerprint density at radius 2 is 2.23 bits per heavy atom. The van der Waals surface area contributed by atoms with Gasteiger partial charge in [-0.25, -0.2) is 4.79 Å². The Hall–Kier alpha value is -0.830. The number of carbonyl (C=O) groups excluding carboxylic acids is 1. The molecule has 3 heteroatoms. The molecular formula is C10H18O3. The van der Waals surface area contributed by atoms with Crippen LogP contribution in [0.5, 0.6) is 0 Å². The molecule has 0 radical (unpaired) electrons. The highest BCUT2D eigenvalue weighted by Crippen LogP contribution is 2.06. The van der Waals surface area contributed by atoms with Crippen molar-refractivity contribution >= 4 is 5.97 Å². The van der Waals surface area contributed by atoms with Crippen LogP contribution in [0.2, 0.25) is 0 Å². The lowest BCUT2D eigenvalue weighted by Crippen LogP contribution is -2.12. The fraction of sp³-hybridized carbons (Fsp3) is 0.700. The van der Waals surface area contributed by atoms with Crippen LogP contribution in [0, 0.1) is 5.92 Å². The predicted octanol–water partition coefficient (Wildman–Crippen LogP) is 1.51. The summed E-state index contributed by atoms with van der Waals surface area (Å²) < 4.78 is 4.94. The first-order chi connectivity index (χ1) is 6.07. The van der Waals surface area contributed by atoms with Gasteiger partial charge in [-0.15, -0.1) is 0 Å². The number of esters is 1. The average molecular weight is 186 g/mol. The van der Waals surface area contributed by atoms with Crippen LogP contribution in [0.3, 0.4) is 0 Å². The topological polar surface area (TPSA) is 46.5 Å². The molecule has 0 aliphatic rings. The van der Waals surface area contributed by atoms with Crippen LogP contribution in [0.1, 0.15) is 26.7 Å². The molecule has 3 nitrogen and oxygen atoms in total. The van der Waals surface area contributed by atoms with E-state index in [1.807, 2.05) is 6.92 Å². The van der Waals surface area contributed by atoms with Gasteiger partial charge in [0.05, 0.1) is 6.61 Å². The molecule has 0 heterocycles. The zero-order valence-corrected chi connectivity index (χ0v) is 8.38. The molecule has 76 valence electrons. The standard InChI is InChI=1S/C10H18O3/c1-8(2)10(12)13-7-9(3)5-4-6-11/h9,11H,1,4-7H2,2-3H3. The molecule has 0 aromatic carbocycles. The van der Waals surface area contributed by atoms with Crippen LogP contribution in [-0.2, 0) is 9.53 Å².